The molecule has 2 heterocycles. The van der Waals surface area contributed by atoms with Gasteiger partial charge in [-0.15, -0.1) is 0 Å². The first kappa shape index (κ1) is 10.4. The Hall–Kier alpha value is -1.77. The van der Waals surface area contributed by atoms with Gasteiger partial charge in [0.2, 0.25) is 0 Å². The lowest BCUT2D eigenvalue weighted by atomic mass is 10.1. The standard InChI is InChI=1S/C14H15NO2/c1-8-7-11-9(2)15-13-10(14(11)17-8)5-4-6-12(13)16-3/h4-6,8H,7H2,1-3H3/p+1/t8-/m1/s1. The molecule has 0 saturated carbocycles. The Balaban J connectivity index is 2.37. The maximum absolute atomic E-state index is 5.92. The summed E-state index contributed by atoms with van der Waals surface area (Å²) in [5, 5.41) is 1.11. The number of rotatable bonds is 1. The van der Waals surface area contributed by atoms with Crippen molar-refractivity contribution in [3.63, 3.8) is 0 Å². The fraction of sp³-hybridized carbons (Fsp3) is 0.357. The third-order valence-electron chi connectivity index (χ3n) is 3.34. The van der Waals surface area contributed by atoms with Crippen LogP contribution in [0.2, 0.25) is 0 Å². The second kappa shape index (κ2) is 3.62. The number of aryl methyl sites for hydroxylation is 1. The van der Waals surface area contributed by atoms with Gasteiger partial charge in [0, 0.05) is 13.3 Å². The van der Waals surface area contributed by atoms with Gasteiger partial charge < -0.3 is 9.47 Å². The van der Waals surface area contributed by atoms with Crippen molar-refractivity contribution in [3.05, 3.63) is 29.5 Å². The summed E-state index contributed by atoms with van der Waals surface area (Å²) in [5.41, 5.74) is 3.47. The number of methoxy groups -OCH3 is 1. The number of hydrogen-bond donors (Lipinski definition) is 0. The van der Waals surface area contributed by atoms with Crippen molar-refractivity contribution in [2.75, 3.05) is 7.11 Å². The second-order valence-corrected chi connectivity index (χ2v) is 4.57. The largest absolute Gasteiger partial charge is 0.490 e. The predicted octanol–water partition coefficient (Wildman–Crippen LogP) is 2.29. The first-order valence-electron chi connectivity index (χ1n) is 5.89. The number of benzene rings is 1. The first-order valence-corrected chi connectivity index (χ1v) is 5.89. The Kier molecular flexibility index (Phi) is 2.21. The van der Waals surface area contributed by atoms with Crippen LogP contribution in [-0.4, -0.2) is 13.2 Å². The minimum Gasteiger partial charge on any atom is -0.490 e. The maximum Gasteiger partial charge on any atom is 0.257 e. The number of aromatic amines is 1. The average Bonchev–Trinajstić information content (AvgIpc) is 2.71. The predicted molar refractivity (Wildman–Crippen MR) is 65.6 cm³/mol. The van der Waals surface area contributed by atoms with Crippen molar-refractivity contribution >= 4 is 10.9 Å². The van der Waals surface area contributed by atoms with Crippen LogP contribution in [0.1, 0.15) is 18.2 Å². The summed E-state index contributed by atoms with van der Waals surface area (Å²) in [4.78, 5) is 3.43. The normalized spacial score (nSPS) is 17.9. The van der Waals surface area contributed by atoms with E-state index in [1.807, 2.05) is 12.1 Å². The van der Waals surface area contributed by atoms with Gasteiger partial charge in [-0.05, 0) is 19.1 Å². The van der Waals surface area contributed by atoms with Crippen molar-refractivity contribution in [2.24, 2.45) is 0 Å². The van der Waals surface area contributed by atoms with Crippen LogP contribution in [0, 0.1) is 6.92 Å². The molecule has 1 aliphatic rings. The third-order valence-corrected chi connectivity index (χ3v) is 3.34. The Labute approximate surface area is 100 Å². The van der Waals surface area contributed by atoms with Crippen LogP contribution in [0.4, 0.5) is 0 Å². The monoisotopic (exact) mass is 230 g/mol. The summed E-state index contributed by atoms with van der Waals surface area (Å²) in [6, 6.07) is 6.03. The van der Waals surface area contributed by atoms with Crippen LogP contribution >= 0.6 is 0 Å². The summed E-state index contributed by atoms with van der Waals surface area (Å²) in [7, 11) is 1.69. The molecule has 0 unspecified atom stereocenters. The van der Waals surface area contributed by atoms with Gasteiger partial charge in [0.15, 0.2) is 11.4 Å². The minimum absolute atomic E-state index is 0.258. The smallest absolute Gasteiger partial charge is 0.257 e. The van der Waals surface area contributed by atoms with Crippen LogP contribution in [0.5, 0.6) is 11.5 Å². The number of H-pyrrole nitrogens is 1. The van der Waals surface area contributed by atoms with E-state index in [1.165, 1.54) is 11.3 Å². The van der Waals surface area contributed by atoms with E-state index in [9.17, 15) is 0 Å². The van der Waals surface area contributed by atoms with Gasteiger partial charge >= 0.3 is 0 Å². The van der Waals surface area contributed by atoms with Gasteiger partial charge in [0.05, 0.1) is 18.1 Å². The van der Waals surface area contributed by atoms with Gasteiger partial charge in [0.25, 0.3) is 5.52 Å². The molecule has 3 rings (SSSR count). The molecule has 1 atom stereocenters. The molecule has 1 aromatic carbocycles. The molecule has 1 aliphatic heterocycles. The van der Waals surface area contributed by atoms with Gasteiger partial charge in [-0.25, -0.2) is 4.98 Å². The van der Waals surface area contributed by atoms with Crippen molar-refractivity contribution in [2.45, 2.75) is 26.4 Å². The number of nitrogens with one attached hydrogen (secondary N) is 1. The molecule has 0 bridgehead atoms. The number of para-hydroxylation sites is 1. The summed E-state index contributed by atoms with van der Waals surface area (Å²) in [6.45, 7) is 4.19. The van der Waals surface area contributed by atoms with Crippen LogP contribution in [0.15, 0.2) is 18.2 Å². The summed E-state index contributed by atoms with van der Waals surface area (Å²) < 4.78 is 11.3. The zero-order valence-corrected chi connectivity index (χ0v) is 10.3. The van der Waals surface area contributed by atoms with E-state index in [0.29, 0.717) is 0 Å². The van der Waals surface area contributed by atoms with Gasteiger partial charge in [-0.1, -0.05) is 6.07 Å². The molecular weight excluding hydrogens is 214 g/mol. The molecule has 0 saturated heterocycles. The first-order chi connectivity index (χ1) is 8.20. The molecule has 17 heavy (non-hydrogen) atoms. The highest BCUT2D eigenvalue weighted by atomic mass is 16.5. The van der Waals surface area contributed by atoms with E-state index in [0.717, 1.165) is 28.8 Å². The molecule has 0 amide bonds. The molecule has 2 aromatic rings. The molecule has 3 heteroatoms. The lowest BCUT2D eigenvalue weighted by molar-refractivity contribution is -0.356. The number of fused-ring (bicyclic) bond motifs is 3. The van der Waals surface area contributed by atoms with E-state index < -0.39 is 0 Å². The average molecular weight is 230 g/mol. The molecule has 1 N–H and O–H groups in total. The highest BCUT2D eigenvalue weighted by Crippen LogP contribution is 2.37. The molecule has 3 nitrogen and oxygen atoms in total. The Morgan fingerprint density at radius 2 is 2.24 bits per heavy atom. The fourth-order valence-corrected chi connectivity index (χ4v) is 2.53. The Morgan fingerprint density at radius 1 is 1.41 bits per heavy atom. The number of aromatic nitrogens is 1. The fourth-order valence-electron chi connectivity index (χ4n) is 2.53. The van der Waals surface area contributed by atoms with Crippen molar-refractivity contribution < 1.29 is 14.5 Å². The summed E-state index contributed by atoms with van der Waals surface area (Å²) in [5.74, 6) is 1.87. The lowest BCUT2D eigenvalue weighted by Gasteiger charge is -2.06. The molecule has 0 radical (unpaired) electrons. The van der Waals surface area contributed by atoms with Crippen molar-refractivity contribution in [3.8, 4) is 11.5 Å². The number of hydrogen-bond acceptors (Lipinski definition) is 2. The van der Waals surface area contributed by atoms with Crippen molar-refractivity contribution in [1.82, 2.24) is 0 Å². The second-order valence-electron chi connectivity index (χ2n) is 4.57. The zero-order valence-electron chi connectivity index (χ0n) is 10.3. The highest BCUT2D eigenvalue weighted by molar-refractivity contribution is 5.88. The van der Waals surface area contributed by atoms with Crippen LogP contribution in [0.3, 0.4) is 0 Å². The summed E-state index contributed by atoms with van der Waals surface area (Å²) in [6.07, 6.45) is 1.24. The number of ether oxygens (including phenoxy) is 2. The molecule has 1 aromatic heterocycles. The molecule has 0 fully saturated rings. The number of pyridine rings is 1. The van der Waals surface area contributed by atoms with E-state index >= 15 is 0 Å². The summed E-state index contributed by atoms with van der Waals surface area (Å²) >= 11 is 0. The molecular formula is C14H16NO2+. The van der Waals surface area contributed by atoms with Crippen LogP contribution < -0.4 is 14.5 Å². The molecule has 0 spiro atoms. The minimum atomic E-state index is 0.258. The highest BCUT2D eigenvalue weighted by Gasteiger charge is 2.28. The van der Waals surface area contributed by atoms with Crippen LogP contribution in [-0.2, 0) is 6.42 Å². The van der Waals surface area contributed by atoms with E-state index in [4.69, 9.17) is 9.47 Å². The van der Waals surface area contributed by atoms with Gasteiger partial charge in [-0.3, -0.25) is 0 Å². The lowest BCUT2D eigenvalue weighted by Crippen LogP contribution is -2.12. The van der Waals surface area contributed by atoms with Gasteiger partial charge in [0.1, 0.15) is 11.9 Å². The van der Waals surface area contributed by atoms with E-state index in [1.54, 1.807) is 7.11 Å². The third kappa shape index (κ3) is 1.46. The Bertz CT molecular complexity index is 592. The molecule has 88 valence electrons. The van der Waals surface area contributed by atoms with E-state index in [2.05, 4.69) is 24.9 Å². The maximum atomic E-state index is 5.92. The quantitative estimate of drug-likeness (QED) is 0.753. The SMILES string of the molecule is COc1cccc2c3c(c(C)[nH+]c12)C[C@@H](C)O3. The molecule has 0 aliphatic carbocycles. The topological polar surface area (TPSA) is 32.6 Å². The van der Waals surface area contributed by atoms with Crippen molar-refractivity contribution in [1.29, 1.82) is 0 Å². The van der Waals surface area contributed by atoms with Gasteiger partial charge in [-0.2, -0.15) is 0 Å². The zero-order chi connectivity index (χ0) is 12.0. The van der Waals surface area contributed by atoms with E-state index in [-0.39, 0.29) is 6.10 Å². The van der Waals surface area contributed by atoms with Crippen LogP contribution in [0.25, 0.3) is 10.9 Å². The Morgan fingerprint density at radius 3 is 3.00 bits per heavy atom.